The molecule has 0 atom stereocenters. The van der Waals surface area contributed by atoms with Gasteiger partial charge in [-0.1, -0.05) is 12.1 Å². The summed E-state index contributed by atoms with van der Waals surface area (Å²) in [7, 11) is 0. The molecule has 0 bridgehead atoms. The van der Waals surface area contributed by atoms with Crippen molar-refractivity contribution in [2.24, 2.45) is 0 Å². The first kappa shape index (κ1) is 14.1. The monoisotopic (exact) mass is 300 g/mol. The van der Waals surface area contributed by atoms with Crippen LogP contribution in [-0.4, -0.2) is 23.4 Å². The summed E-state index contributed by atoms with van der Waals surface area (Å²) in [5.74, 6) is 0.139. The van der Waals surface area contributed by atoms with Gasteiger partial charge in [-0.15, -0.1) is 0 Å². The lowest BCUT2D eigenvalue weighted by atomic mass is 10.1. The molecule has 1 aliphatic rings. The number of nitrogens with one attached hydrogen (secondary N) is 1. The fourth-order valence-corrected chi connectivity index (χ4v) is 3.16. The number of benzene rings is 1. The Bertz CT molecular complexity index is 605. The average molecular weight is 300 g/mol. The number of carbonyl (C=O) groups excluding carboxylic acids is 1. The van der Waals surface area contributed by atoms with Gasteiger partial charge in [-0.25, -0.2) is 0 Å². The summed E-state index contributed by atoms with van der Waals surface area (Å²) in [6.07, 6.45) is 2.25. The van der Waals surface area contributed by atoms with E-state index in [0.717, 1.165) is 30.6 Å². The molecule has 2 aromatic rings. The minimum atomic E-state index is 0.139. The van der Waals surface area contributed by atoms with Crippen molar-refractivity contribution in [3.8, 4) is 0 Å². The molecule has 0 unspecified atom stereocenters. The van der Waals surface area contributed by atoms with Crippen molar-refractivity contribution in [1.29, 1.82) is 0 Å². The maximum Gasteiger partial charge on any atom is 0.256 e. The van der Waals surface area contributed by atoms with Crippen LogP contribution in [0.2, 0.25) is 0 Å². The predicted molar refractivity (Wildman–Crippen MR) is 87.8 cm³/mol. The predicted octanol–water partition coefficient (Wildman–Crippen LogP) is 3.98. The molecule has 1 N–H and O–H groups in total. The van der Waals surface area contributed by atoms with E-state index >= 15 is 0 Å². The van der Waals surface area contributed by atoms with Crippen molar-refractivity contribution < 1.29 is 4.79 Å². The third-order valence-corrected chi connectivity index (χ3v) is 4.44. The van der Waals surface area contributed by atoms with Crippen molar-refractivity contribution in [2.75, 3.05) is 11.9 Å². The van der Waals surface area contributed by atoms with Gasteiger partial charge >= 0.3 is 0 Å². The summed E-state index contributed by atoms with van der Waals surface area (Å²) in [5, 5.41) is 7.48. The largest absolute Gasteiger partial charge is 0.385 e. The topological polar surface area (TPSA) is 32.3 Å². The summed E-state index contributed by atoms with van der Waals surface area (Å²) in [4.78, 5) is 15.0. The number of amides is 1. The van der Waals surface area contributed by atoms with Crippen LogP contribution < -0.4 is 5.32 Å². The van der Waals surface area contributed by atoms with E-state index < -0.39 is 0 Å². The SMILES string of the molecule is CCNc1ccccc1C(=O)N(Cc1ccsc1)C1CC1. The van der Waals surface area contributed by atoms with Crippen LogP contribution in [0, 0.1) is 0 Å². The Balaban J connectivity index is 1.84. The van der Waals surface area contributed by atoms with Gasteiger partial charge < -0.3 is 10.2 Å². The highest BCUT2D eigenvalue weighted by molar-refractivity contribution is 7.07. The average Bonchev–Trinajstić information content (AvgIpc) is 3.21. The zero-order valence-electron chi connectivity index (χ0n) is 12.2. The molecule has 0 aliphatic heterocycles. The zero-order valence-corrected chi connectivity index (χ0v) is 13.0. The van der Waals surface area contributed by atoms with Crippen LogP contribution in [0.3, 0.4) is 0 Å². The van der Waals surface area contributed by atoms with E-state index in [1.165, 1.54) is 5.56 Å². The molecule has 3 nitrogen and oxygen atoms in total. The van der Waals surface area contributed by atoms with Gasteiger partial charge in [0.05, 0.1) is 5.56 Å². The lowest BCUT2D eigenvalue weighted by Gasteiger charge is -2.23. The molecular weight excluding hydrogens is 280 g/mol. The summed E-state index contributed by atoms with van der Waals surface area (Å²) in [5.41, 5.74) is 2.93. The number of anilines is 1. The number of rotatable bonds is 6. The Kier molecular flexibility index (Phi) is 4.25. The molecule has 4 heteroatoms. The minimum Gasteiger partial charge on any atom is -0.385 e. The van der Waals surface area contributed by atoms with Gasteiger partial charge in [0, 0.05) is 24.8 Å². The summed E-state index contributed by atoms with van der Waals surface area (Å²) >= 11 is 1.68. The van der Waals surface area contributed by atoms with E-state index in [1.54, 1.807) is 11.3 Å². The van der Waals surface area contributed by atoms with E-state index in [1.807, 2.05) is 36.1 Å². The van der Waals surface area contributed by atoms with Crippen molar-refractivity contribution >= 4 is 22.9 Å². The third-order valence-electron chi connectivity index (χ3n) is 3.71. The molecule has 1 saturated carbocycles. The first-order chi connectivity index (χ1) is 10.3. The quantitative estimate of drug-likeness (QED) is 0.875. The van der Waals surface area contributed by atoms with Gasteiger partial charge in [0.25, 0.3) is 5.91 Å². The maximum absolute atomic E-state index is 12.9. The van der Waals surface area contributed by atoms with Crippen LogP contribution in [0.1, 0.15) is 35.7 Å². The van der Waals surface area contributed by atoms with Gasteiger partial charge in [0.1, 0.15) is 0 Å². The number of carbonyl (C=O) groups is 1. The maximum atomic E-state index is 12.9. The van der Waals surface area contributed by atoms with E-state index in [4.69, 9.17) is 0 Å². The van der Waals surface area contributed by atoms with Gasteiger partial charge in [0.15, 0.2) is 0 Å². The van der Waals surface area contributed by atoms with Crippen LogP contribution in [0.25, 0.3) is 0 Å². The van der Waals surface area contributed by atoms with Crippen molar-refractivity contribution in [1.82, 2.24) is 4.90 Å². The van der Waals surface area contributed by atoms with Crippen LogP contribution in [0.15, 0.2) is 41.1 Å². The summed E-state index contributed by atoms with van der Waals surface area (Å²) in [6, 6.07) is 10.3. The second-order valence-corrected chi connectivity index (χ2v) is 6.15. The molecule has 0 spiro atoms. The van der Waals surface area contributed by atoms with Crippen LogP contribution in [0.5, 0.6) is 0 Å². The fraction of sp³-hybridized carbons (Fsp3) is 0.353. The second kappa shape index (κ2) is 6.31. The number of hydrogen-bond donors (Lipinski definition) is 1. The Hall–Kier alpha value is -1.81. The summed E-state index contributed by atoms with van der Waals surface area (Å²) in [6.45, 7) is 3.58. The molecule has 1 aromatic heterocycles. The highest BCUT2D eigenvalue weighted by atomic mass is 32.1. The smallest absolute Gasteiger partial charge is 0.256 e. The molecular formula is C17H20N2OS. The van der Waals surface area contributed by atoms with Crippen LogP contribution in [0.4, 0.5) is 5.69 Å². The molecule has 1 aromatic carbocycles. The molecule has 0 radical (unpaired) electrons. The normalized spacial score (nSPS) is 14.0. The fourth-order valence-electron chi connectivity index (χ4n) is 2.50. The van der Waals surface area contributed by atoms with Gasteiger partial charge in [-0.2, -0.15) is 11.3 Å². The van der Waals surface area contributed by atoms with E-state index in [9.17, 15) is 4.79 Å². The Labute approximate surface area is 129 Å². The van der Waals surface area contributed by atoms with Gasteiger partial charge in [0.2, 0.25) is 0 Å². The second-order valence-electron chi connectivity index (χ2n) is 5.37. The van der Waals surface area contributed by atoms with Crippen LogP contribution in [-0.2, 0) is 6.54 Å². The first-order valence-electron chi connectivity index (χ1n) is 7.44. The van der Waals surface area contributed by atoms with E-state index in [-0.39, 0.29) is 5.91 Å². The van der Waals surface area contributed by atoms with Crippen molar-refractivity contribution in [3.05, 3.63) is 52.2 Å². The molecule has 1 amide bonds. The van der Waals surface area contributed by atoms with E-state index in [2.05, 4.69) is 22.1 Å². The third kappa shape index (κ3) is 3.27. The lowest BCUT2D eigenvalue weighted by molar-refractivity contribution is 0.0731. The van der Waals surface area contributed by atoms with Gasteiger partial charge in [-0.3, -0.25) is 4.79 Å². The summed E-state index contributed by atoms with van der Waals surface area (Å²) < 4.78 is 0. The molecule has 1 fully saturated rings. The van der Waals surface area contributed by atoms with Crippen LogP contribution >= 0.6 is 11.3 Å². The van der Waals surface area contributed by atoms with Crippen molar-refractivity contribution in [3.63, 3.8) is 0 Å². The minimum absolute atomic E-state index is 0.139. The lowest BCUT2D eigenvalue weighted by Crippen LogP contribution is -2.33. The molecule has 110 valence electrons. The Morgan fingerprint density at radius 1 is 1.33 bits per heavy atom. The molecule has 3 rings (SSSR count). The molecule has 0 saturated heterocycles. The highest BCUT2D eigenvalue weighted by Crippen LogP contribution is 2.31. The van der Waals surface area contributed by atoms with Gasteiger partial charge in [-0.05, 0) is 54.3 Å². The Morgan fingerprint density at radius 2 is 2.14 bits per heavy atom. The number of nitrogens with zero attached hydrogens (tertiary/aromatic N) is 1. The molecule has 21 heavy (non-hydrogen) atoms. The number of thiophene rings is 1. The molecule has 1 heterocycles. The number of hydrogen-bond acceptors (Lipinski definition) is 3. The Morgan fingerprint density at radius 3 is 2.81 bits per heavy atom. The zero-order chi connectivity index (χ0) is 14.7. The first-order valence-corrected chi connectivity index (χ1v) is 8.39. The number of para-hydroxylation sites is 1. The van der Waals surface area contributed by atoms with Crippen molar-refractivity contribution in [2.45, 2.75) is 32.4 Å². The highest BCUT2D eigenvalue weighted by Gasteiger charge is 2.33. The molecule has 1 aliphatic carbocycles. The standard InChI is InChI=1S/C17H20N2OS/c1-2-18-16-6-4-3-5-15(16)17(20)19(14-7-8-14)11-13-9-10-21-12-13/h3-6,9-10,12,14,18H,2,7-8,11H2,1H3. The van der Waals surface area contributed by atoms with E-state index in [0.29, 0.717) is 12.6 Å².